The first-order valence-corrected chi connectivity index (χ1v) is 7.62. The van der Waals surface area contributed by atoms with Gasteiger partial charge in [-0.15, -0.1) is 0 Å². The fraction of sp³-hybridized carbons (Fsp3) is 0.333. The van der Waals surface area contributed by atoms with Gasteiger partial charge in [-0.3, -0.25) is 4.79 Å². The second kappa shape index (κ2) is 5.11. The van der Waals surface area contributed by atoms with Crippen molar-refractivity contribution < 1.29 is 13.2 Å². The van der Waals surface area contributed by atoms with Gasteiger partial charge in [-0.1, -0.05) is 0 Å². The van der Waals surface area contributed by atoms with E-state index >= 15 is 0 Å². The molecular formula is C12H14N4O3S. The second-order valence-electron chi connectivity index (χ2n) is 4.79. The summed E-state index contributed by atoms with van der Waals surface area (Å²) in [6.07, 6.45) is 0.104. The summed E-state index contributed by atoms with van der Waals surface area (Å²) in [5, 5.41) is 13.9. The molecule has 1 amide bonds. The van der Waals surface area contributed by atoms with Gasteiger partial charge < -0.3 is 10.6 Å². The number of nitriles is 1. The van der Waals surface area contributed by atoms with Crippen LogP contribution in [0, 0.1) is 17.2 Å². The molecule has 1 aliphatic rings. The molecule has 1 saturated heterocycles. The van der Waals surface area contributed by atoms with Crippen molar-refractivity contribution in [3.05, 3.63) is 23.8 Å². The number of rotatable bonds is 3. The van der Waals surface area contributed by atoms with Crippen molar-refractivity contribution in [1.29, 1.82) is 5.26 Å². The molecule has 0 radical (unpaired) electrons. The highest BCUT2D eigenvalue weighted by Gasteiger charge is 2.33. The van der Waals surface area contributed by atoms with Crippen molar-refractivity contribution in [3.8, 4) is 6.07 Å². The summed E-state index contributed by atoms with van der Waals surface area (Å²) in [4.78, 5) is 13.4. The molecule has 0 aliphatic carbocycles. The van der Waals surface area contributed by atoms with Crippen molar-refractivity contribution in [2.24, 2.45) is 11.1 Å². The normalized spacial score (nSPS) is 19.1. The molecule has 0 spiro atoms. The third-order valence-corrected chi connectivity index (χ3v) is 4.06. The first-order valence-electron chi connectivity index (χ1n) is 5.90. The lowest BCUT2D eigenvalue weighted by Crippen LogP contribution is -2.28. The van der Waals surface area contributed by atoms with E-state index in [0.717, 1.165) is 0 Å². The van der Waals surface area contributed by atoms with Crippen LogP contribution in [0.25, 0.3) is 0 Å². The minimum absolute atomic E-state index is 0.104. The first kappa shape index (κ1) is 14.3. The molecule has 1 aromatic rings. The van der Waals surface area contributed by atoms with Gasteiger partial charge in [0.25, 0.3) is 0 Å². The van der Waals surface area contributed by atoms with Crippen molar-refractivity contribution >= 4 is 27.3 Å². The molecule has 1 unspecified atom stereocenters. The highest BCUT2D eigenvalue weighted by molar-refractivity contribution is 7.89. The number of nitrogens with two attached hydrogens (primary N) is 2. The lowest BCUT2D eigenvalue weighted by atomic mass is 10.1. The van der Waals surface area contributed by atoms with E-state index in [0.29, 0.717) is 16.9 Å². The summed E-state index contributed by atoms with van der Waals surface area (Å²) in [5.41, 5.74) is 7.00. The Morgan fingerprint density at radius 3 is 2.75 bits per heavy atom. The molecule has 20 heavy (non-hydrogen) atoms. The van der Waals surface area contributed by atoms with E-state index in [-0.39, 0.29) is 30.5 Å². The predicted molar refractivity (Wildman–Crippen MR) is 74.0 cm³/mol. The van der Waals surface area contributed by atoms with Crippen LogP contribution in [0.1, 0.15) is 12.0 Å². The van der Waals surface area contributed by atoms with Gasteiger partial charge in [-0.2, -0.15) is 5.26 Å². The monoisotopic (exact) mass is 294 g/mol. The number of carbonyl (C=O) groups excluding carboxylic acids is 1. The molecule has 1 fully saturated rings. The molecule has 1 atom stereocenters. The molecule has 4 N–H and O–H groups in total. The fourth-order valence-corrected chi connectivity index (χ4v) is 3.18. The van der Waals surface area contributed by atoms with Crippen molar-refractivity contribution in [2.45, 2.75) is 6.42 Å². The number of anilines is 2. The van der Waals surface area contributed by atoms with Gasteiger partial charge >= 0.3 is 0 Å². The molecule has 1 heterocycles. The molecular weight excluding hydrogens is 280 g/mol. The van der Waals surface area contributed by atoms with Crippen LogP contribution in [0.4, 0.5) is 11.4 Å². The minimum atomic E-state index is -3.62. The largest absolute Gasteiger partial charge is 0.397 e. The number of sulfonamides is 1. The Balaban J connectivity index is 2.26. The molecule has 1 aliphatic heterocycles. The summed E-state index contributed by atoms with van der Waals surface area (Å²) in [6, 6.07) is 6.60. The van der Waals surface area contributed by atoms with Crippen LogP contribution in [-0.4, -0.2) is 26.6 Å². The van der Waals surface area contributed by atoms with Crippen LogP contribution in [0.2, 0.25) is 0 Å². The Labute approximate surface area is 116 Å². The molecule has 7 nitrogen and oxygen atoms in total. The van der Waals surface area contributed by atoms with E-state index in [4.69, 9.17) is 16.1 Å². The van der Waals surface area contributed by atoms with Gasteiger partial charge in [0, 0.05) is 18.9 Å². The van der Waals surface area contributed by atoms with E-state index in [9.17, 15) is 13.2 Å². The molecule has 2 rings (SSSR count). The van der Waals surface area contributed by atoms with E-state index < -0.39 is 10.0 Å². The molecule has 8 heteroatoms. The third-order valence-electron chi connectivity index (χ3n) is 3.12. The van der Waals surface area contributed by atoms with Gasteiger partial charge in [0.1, 0.15) is 0 Å². The van der Waals surface area contributed by atoms with Gasteiger partial charge in [0.05, 0.1) is 28.8 Å². The standard InChI is InChI=1S/C12H14N4O3S/c13-5-8-1-2-10(14)11(3-8)16-6-9(4-12(16)17)7-20(15,18)19/h1-3,9H,4,6-7,14H2,(H2,15,18,19). The first-order chi connectivity index (χ1) is 9.30. The summed E-state index contributed by atoms with van der Waals surface area (Å²) in [6.45, 7) is 0.231. The van der Waals surface area contributed by atoms with Crippen LogP contribution in [0.5, 0.6) is 0 Å². The van der Waals surface area contributed by atoms with Gasteiger partial charge in [-0.25, -0.2) is 13.6 Å². The maximum atomic E-state index is 12.0. The molecule has 0 saturated carbocycles. The second-order valence-corrected chi connectivity index (χ2v) is 6.45. The maximum absolute atomic E-state index is 12.0. The number of nitrogens with zero attached hydrogens (tertiary/aromatic N) is 2. The minimum Gasteiger partial charge on any atom is -0.397 e. The molecule has 1 aromatic carbocycles. The van der Waals surface area contributed by atoms with Crippen molar-refractivity contribution in [1.82, 2.24) is 0 Å². The number of hydrogen-bond donors (Lipinski definition) is 2. The zero-order chi connectivity index (χ0) is 14.9. The van der Waals surface area contributed by atoms with E-state index in [1.165, 1.54) is 11.0 Å². The van der Waals surface area contributed by atoms with E-state index in [2.05, 4.69) is 0 Å². The van der Waals surface area contributed by atoms with Gasteiger partial charge in [-0.05, 0) is 18.2 Å². The number of nitrogen functional groups attached to an aromatic ring is 1. The Morgan fingerprint density at radius 2 is 2.15 bits per heavy atom. The van der Waals surface area contributed by atoms with Gasteiger partial charge in [0.2, 0.25) is 15.9 Å². The number of hydrogen-bond acceptors (Lipinski definition) is 5. The predicted octanol–water partition coefficient (Wildman–Crippen LogP) is -0.218. The fourth-order valence-electron chi connectivity index (χ4n) is 2.30. The SMILES string of the molecule is N#Cc1ccc(N)c(N2CC(CS(N)(=O)=O)CC2=O)c1. The number of amides is 1. The highest BCUT2D eigenvalue weighted by Crippen LogP contribution is 2.30. The summed E-state index contributed by atoms with van der Waals surface area (Å²) < 4.78 is 22.2. The van der Waals surface area contributed by atoms with Crippen LogP contribution in [-0.2, 0) is 14.8 Å². The zero-order valence-electron chi connectivity index (χ0n) is 10.6. The lowest BCUT2D eigenvalue weighted by Gasteiger charge is -2.19. The third kappa shape index (κ3) is 3.07. The topological polar surface area (TPSA) is 130 Å². The number of carbonyl (C=O) groups is 1. The van der Waals surface area contributed by atoms with Crippen LogP contribution in [0.15, 0.2) is 18.2 Å². The maximum Gasteiger partial charge on any atom is 0.227 e. The Bertz CT molecular complexity index is 693. The van der Waals surface area contributed by atoms with Crippen molar-refractivity contribution in [2.75, 3.05) is 22.9 Å². The quantitative estimate of drug-likeness (QED) is 0.744. The smallest absolute Gasteiger partial charge is 0.227 e. The number of primary sulfonamides is 1. The molecule has 106 valence electrons. The van der Waals surface area contributed by atoms with Crippen LogP contribution in [0.3, 0.4) is 0 Å². The highest BCUT2D eigenvalue weighted by atomic mass is 32.2. The van der Waals surface area contributed by atoms with E-state index in [1.807, 2.05) is 6.07 Å². The Kier molecular flexibility index (Phi) is 3.65. The van der Waals surface area contributed by atoms with E-state index in [1.54, 1.807) is 12.1 Å². The Hall–Kier alpha value is -2.11. The van der Waals surface area contributed by atoms with Gasteiger partial charge in [0.15, 0.2) is 0 Å². The number of benzene rings is 1. The lowest BCUT2D eigenvalue weighted by molar-refractivity contribution is -0.117. The summed E-state index contributed by atoms with van der Waals surface area (Å²) >= 11 is 0. The van der Waals surface area contributed by atoms with Crippen LogP contribution < -0.4 is 15.8 Å². The van der Waals surface area contributed by atoms with Crippen LogP contribution >= 0.6 is 0 Å². The average Bonchev–Trinajstić information content (AvgIpc) is 2.68. The summed E-state index contributed by atoms with van der Waals surface area (Å²) in [7, 11) is -3.62. The zero-order valence-corrected chi connectivity index (χ0v) is 11.4. The molecule has 0 aromatic heterocycles. The molecule has 0 bridgehead atoms. The van der Waals surface area contributed by atoms with Crippen molar-refractivity contribution in [3.63, 3.8) is 0 Å². The Morgan fingerprint density at radius 1 is 1.45 bits per heavy atom. The summed E-state index contributed by atoms with van der Waals surface area (Å²) in [5.74, 6) is -0.823. The average molecular weight is 294 g/mol.